The topological polar surface area (TPSA) is 74.7 Å². The average Bonchev–Trinajstić information content (AvgIpc) is 3.01. The number of carbonyl (C=O) groups excluding carboxylic acids is 2. The van der Waals surface area contributed by atoms with Crippen molar-refractivity contribution in [1.29, 1.82) is 0 Å². The van der Waals surface area contributed by atoms with Crippen LogP contribution in [0.3, 0.4) is 0 Å². The molecule has 6 nitrogen and oxygen atoms in total. The van der Waals surface area contributed by atoms with E-state index in [0.29, 0.717) is 30.8 Å². The fourth-order valence-corrected chi connectivity index (χ4v) is 3.06. The first kappa shape index (κ1) is 16.3. The summed E-state index contributed by atoms with van der Waals surface area (Å²) in [6.45, 7) is 2.46. The Labute approximate surface area is 144 Å². The van der Waals surface area contributed by atoms with Crippen molar-refractivity contribution in [3.63, 3.8) is 0 Å². The van der Waals surface area contributed by atoms with E-state index in [1.165, 1.54) is 5.01 Å². The maximum Gasteiger partial charge on any atom is 0.267 e. The van der Waals surface area contributed by atoms with Crippen LogP contribution in [0.4, 0.5) is 5.69 Å². The Morgan fingerprint density at radius 3 is 2.79 bits per heavy atom. The van der Waals surface area contributed by atoms with Crippen molar-refractivity contribution in [2.45, 2.75) is 26.2 Å². The van der Waals surface area contributed by atoms with Gasteiger partial charge in [-0.2, -0.15) is 5.10 Å². The van der Waals surface area contributed by atoms with Crippen LogP contribution in [0.5, 0.6) is 0 Å². The number of para-hydroxylation sites is 1. The molecule has 2 heterocycles. The largest absolute Gasteiger partial charge is 0.351 e. The molecule has 0 saturated heterocycles. The summed E-state index contributed by atoms with van der Waals surface area (Å²) < 4.78 is 0. The Balaban J connectivity index is 1.62. The molecule has 124 valence electrons. The van der Waals surface area contributed by atoms with Crippen LogP contribution >= 0.6 is 11.3 Å². The van der Waals surface area contributed by atoms with Crippen molar-refractivity contribution in [3.8, 4) is 0 Å². The number of hydrogen-bond acceptors (Lipinski definition) is 5. The maximum atomic E-state index is 12.3. The predicted molar refractivity (Wildman–Crippen MR) is 94.2 cm³/mol. The number of anilines is 1. The van der Waals surface area contributed by atoms with Crippen molar-refractivity contribution < 1.29 is 9.59 Å². The molecule has 0 atom stereocenters. The van der Waals surface area contributed by atoms with Gasteiger partial charge in [-0.1, -0.05) is 18.2 Å². The molecule has 0 bridgehead atoms. The molecule has 0 spiro atoms. The van der Waals surface area contributed by atoms with Gasteiger partial charge in [0.05, 0.1) is 16.4 Å². The highest BCUT2D eigenvalue weighted by molar-refractivity contribution is 7.09. The normalized spacial score (nSPS) is 14.5. The standard InChI is InChI=1S/C17H18N4O2S/c1-12-19-13(11-24-12)9-10-18-17(23)15-7-8-16(22)21(20-15)14-5-3-2-4-6-14/h2-6,11H,7-10H2,1H3,(H,18,23). The zero-order valence-electron chi connectivity index (χ0n) is 13.4. The molecule has 1 aromatic carbocycles. The van der Waals surface area contributed by atoms with Crippen molar-refractivity contribution in [2.75, 3.05) is 11.6 Å². The second-order valence-electron chi connectivity index (χ2n) is 5.45. The Morgan fingerprint density at radius 1 is 1.29 bits per heavy atom. The molecule has 1 aliphatic heterocycles. The summed E-state index contributed by atoms with van der Waals surface area (Å²) >= 11 is 1.60. The fourth-order valence-electron chi connectivity index (χ4n) is 2.42. The van der Waals surface area contributed by atoms with Crippen LogP contribution in [-0.2, 0) is 16.0 Å². The number of nitrogens with one attached hydrogen (secondary N) is 1. The van der Waals surface area contributed by atoms with Crippen molar-refractivity contribution >= 4 is 34.6 Å². The minimum Gasteiger partial charge on any atom is -0.351 e. The van der Waals surface area contributed by atoms with E-state index in [0.717, 1.165) is 10.7 Å². The van der Waals surface area contributed by atoms with Crippen LogP contribution < -0.4 is 10.3 Å². The summed E-state index contributed by atoms with van der Waals surface area (Å²) in [5, 5.41) is 11.4. The highest BCUT2D eigenvalue weighted by Crippen LogP contribution is 2.19. The molecule has 0 aliphatic carbocycles. The zero-order chi connectivity index (χ0) is 16.9. The van der Waals surface area contributed by atoms with Gasteiger partial charge in [-0.3, -0.25) is 9.59 Å². The van der Waals surface area contributed by atoms with Gasteiger partial charge in [-0.25, -0.2) is 9.99 Å². The smallest absolute Gasteiger partial charge is 0.267 e. The summed E-state index contributed by atoms with van der Waals surface area (Å²) in [7, 11) is 0. The molecule has 1 N–H and O–H groups in total. The van der Waals surface area contributed by atoms with Gasteiger partial charge < -0.3 is 5.32 Å². The van der Waals surface area contributed by atoms with E-state index in [9.17, 15) is 9.59 Å². The lowest BCUT2D eigenvalue weighted by Crippen LogP contribution is -2.39. The van der Waals surface area contributed by atoms with E-state index in [4.69, 9.17) is 0 Å². The third kappa shape index (κ3) is 3.86. The number of hydrazone groups is 1. The lowest BCUT2D eigenvalue weighted by molar-refractivity contribution is -0.118. The Bertz CT molecular complexity index is 770. The predicted octanol–water partition coefficient (Wildman–Crippen LogP) is 2.29. The summed E-state index contributed by atoms with van der Waals surface area (Å²) in [6.07, 6.45) is 1.33. The molecular weight excluding hydrogens is 324 g/mol. The number of benzene rings is 1. The average molecular weight is 342 g/mol. The first-order chi connectivity index (χ1) is 11.6. The van der Waals surface area contributed by atoms with Gasteiger partial charge in [0.15, 0.2) is 0 Å². The third-order valence-electron chi connectivity index (χ3n) is 3.63. The molecule has 0 radical (unpaired) electrons. The second kappa shape index (κ2) is 7.35. The monoisotopic (exact) mass is 342 g/mol. The second-order valence-corrected chi connectivity index (χ2v) is 6.51. The molecule has 1 aromatic heterocycles. The van der Waals surface area contributed by atoms with Crippen LogP contribution in [0.2, 0.25) is 0 Å². The molecule has 1 aliphatic rings. The Kier molecular flexibility index (Phi) is 5.00. The number of aromatic nitrogens is 1. The highest BCUT2D eigenvalue weighted by Gasteiger charge is 2.25. The van der Waals surface area contributed by atoms with Crippen LogP contribution in [0, 0.1) is 6.92 Å². The van der Waals surface area contributed by atoms with Crippen LogP contribution in [0.1, 0.15) is 23.5 Å². The number of carbonyl (C=O) groups is 2. The van der Waals surface area contributed by atoms with E-state index < -0.39 is 0 Å². The highest BCUT2D eigenvalue weighted by atomic mass is 32.1. The van der Waals surface area contributed by atoms with Crippen LogP contribution in [0.25, 0.3) is 0 Å². The SMILES string of the molecule is Cc1nc(CCNC(=O)C2=NN(c3ccccc3)C(=O)CC2)cs1. The van der Waals surface area contributed by atoms with Crippen molar-refractivity contribution in [3.05, 3.63) is 46.4 Å². The summed E-state index contributed by atoms with van der Waals surface area (Å²) in [5.41, 5.74) is 2.03. The van der Waals surface area contributed by atoms with E-state index in [1.807, 2.05) is 30.5 Å². The number of thiazole rings is 1. The van der Waals surface area contributed by atoms with Gasteiger partial charge in [0.25, 0.3) is 5.91 Å². The maximum absolute atomic E-state index is 12.3. The lowest BCUT2D eigenvalue weighted by atomic mass is 10.1. The van der Waals surface area contributed by atoms with Crippen molar-refractivity contribution in [2.24, 2.45) is 5.10 Å². The molecule has 7 heteroatoms. The minimum atomic E-state index is -0.226. The van der Waals surface area contributed by atoms with Gasteiger partial charge in [0, 0.05) is 31.2 Å². The molecule has 3 rings (SSSR count). The van der Waals surface area contributed by atoms with Crippen LogP contribution in [0.15, 0.2) is 40.8 Å². The van der Waals surface area contributed by atoms with E-state index in [1.54, 1.807) is 23.5 Å². The molecule has 2 aromatic rings. The van der Waals surface area contributed by atoms with Gasteiger partial charge in [0.2, 0.25) is 5.91 Å². The van der Waals surface area contributed by atoms with Gasteiger partial charge in [0.1, 0.15) is 5.71 Å². The van der Waals surface area contributed by atoms with E-state index in [-0.39, 0.29) is 18.2 Å². The minimum absolute atomic E-state index is 0.101. The summed E-state index contributed by atoms with van der Waals surface area (Å²) in [5.74, 6) is -0.328. The number of rotatable bonds is 5. The molecular formula is C17H18N4O2S. The zero-order valence-corrected chi connectivity index (χ0v) is 14.2. The Morgan fingerprint density at radius 2 is 2.08 bits per heavy atom. The van der Waals surface area contributed by atoms with E-state index in [2.05, 4.69) is 15.4 Å². The number of amides is 2. The van der Waals surface area contributed by atoms with Gasteiger partial charge in [-0.05, 0) is 19.1 Å². The first-order valence-corrected chi connectivity index (χ1v) is 8.66. The molecule has 0 saturated carbocycles. The van der Waals surface area contributed by atoms with Crippen molar-refractivity contribution in [1.82, 2.24) is 10.3 Å². The summed E-state index contributed by atoms with van der Waals surface area (Å²) in [4.78, 5) is 28.7. The molecule has 24 heavy (non-hydrogen) atoms. The van der Waals surface area contributed by atoms with E-state index >= 15 is 0 Å². The van der Waals surface area contributed by atoms with Crippen LogP contribution in [-0.4, -0.2) is 29.1 Å². The number of aryl methyl sites for hydroxylation is 1. The molecule has 2 amide bonds. The van der Waals surface area contributed by atoms with Gasteiger partial charge in [-0.15, -0.1) is 11.3 Å². The third-order valence-corrected chi connectivity index (χ3v) is 4.45. The fraction of sp³-hybridized carbons (Fsp3) is 0.294. The Hall–Kier alpha value is -2.54. The number of hydrogen-bond donors (Lipinski definition) is 1. The molecule has 0 fully saturated rings. The lowest BCUT2D eigenvalue weighted by Gasteiger charge is -2.23. The van der Waals surface area contributed by atoms with Gasteiger partial charge >= 0.3 is 0 Å². The molecule has 0 unspecified atom stereocenters. The number of nitrogens with zero attached hydrogens (tertiary/aromatic N) is 3. The summed E-state index contributed by atoms with van der Waals surface area (Å²) in [6, 6.07) is 9.14. The first-order valence-electron chi connectivity index (χ1n) is 7.78. The quantitative estimate of drug-likeness (QED) is 0.906.